The van der Waals surface area contributed by atoms with Crippen LogP contribution in [0.4, 0.5) is 0 Å². The molecule has 0 radical (unpaired) electrons. The lowest BCUT2D eigenvalue weighted by molar-refractivity contribution is 0.182. The number of ether oxygens (including phenoxy) is 1. The zero-order chi connectivity index (χ0) is 12.4. The second-order valence-corrected chi connectivity index (χ2v) is 5.14. The van der Waals surface area contributed by atoms with Crippen LogP contribution >= 0.6 is 0 Å². The van der Waals surface area contributed by atoms with Gasteiger partial charge in [0.2, 0.25) is 0 Å². The Hall–Kier alpha value is -1.38. The van der Waals surface area contributed by atoms with Gasteiger partial charge in [0.05, 0.1) is 0 Å². The van der Waals surface area contributed by atoms with E-state index in [0.717, 1.165) is 26.1 Å². The van der Waals surface area contributed by atoms with Crippen LogP contribution in [0, 0.1) is 5.92 Å². The van der Waals surface area contributed by atoms with Crippen LogP contribution in [-0.4, -0.2) is 13.2 Å². The van der Waals surface area contributed by atoms with E-state index in [4.69, 9.17) is 10.5 Å². The molecule has 1 saturated heterocycles. The molecule has 1 aliphatic heterocycles. The minimum Gasteiger partial charge on any atom is -0.381 e. The monoisotopic (exact) mass is 241 g/mol. The Morgan fingerprint density at radius 2 is 2.00 bits per heavy atom. The molecule has 18 heavy (non-hydrogen) atoms. The second-order valence-electron chi connectivity index (χ2n) is 5.14. The smallest absolute Gasteiger partial charge is 0.0495 e. The van der Waals surface area contributed by atoms with Crippen molar-refractivity contribution in [2.75, 3.05) is 13.2 Å². The molecule has 2 nitrogen and oxygen atoms in total. The summed E-state index contributed by atoms with van der Waals surface area (Å²) in [6.07, 6.45) is 2.17. The van der Waals surface area contributed by atoms with Gasteiger partial charge in [0.15, 0.2) is 0 Å². The number of fused-ring (bicyclic) bond motifs is 1. The third-order valence-electron chi connectivity index (χ3n) is 3.83. The van der Waals surface area contributed by atoms with Crippen LogP contribution in [0.5, 0.6) is 0 Å². The predicted molar refractivity (Wildman–Crippen MR) is 74.4 cm³/mol. The second kappa shape index (κ2) is 5.09. The SMILES string of the molecule is NC(CC1CCOC1)c1cccc2ccccc12. The van der Waals surface area contributed by atoms with Crippen molar-refractivity contribution < 1.29 is 4.74 Å². The molecule has 1 heterocycles. The Bertz CT molecular complexity index is 526. The summed E-state index contributed by atoms with van der Waals surface area (Å²) >= 11 is 0. The Labute approximate surface area is 108 Å². The molecule has 0 saturated carbocycles. The summed E-state index contributed by atoms with van der Waals surface area (Å²) in [5.41, 5.74) is 7.65. The average molecular weight is 241 g/mol. The lowest BCUT2D eigenvalue weighted by atomic mass is 9.92. The molecule has 2 unspecified atom stereocenters. The first-order valence-electron chi connectivity index (χ1n) is 6.65. The van der Waals surface area contributed by atoms with Crippen LogP contribution in [-0.2, 0) is 4.74 Å². The van der Waals surface area contributed by atoms with Crippen LogP contribution < -0.4 is 5.73 Å². The molecule has 2 aromatic carbocycles. The maximum atomic E-state index is 6.39. The average Bonchev–Trinajstić information content (AvgIpc) is 2.91. The summed E-state index contributed by atoms with van der Waals surface area (Å²) < 4.78 is 5.43. The number of hydrogen-bond acceptors (Lipinski definition) is 2. The van der Waals surface area contributed by atoms with Crippen molar-refractivity contribution in [3.8, 4) is 0 Å². The molecule has 0 amide bonds. The highest BCUT2D eigenvalue weighted by molar-refractivity contribution is 5.86. The van der Waals surface area contributed by atoms with Gasteiger partial charge in [-0.05, 0) is 35.1 Å². The minimum absolute atomic E-state index is 0.114. The van der Waals surface area contributed by atoms with E-state index < -0.39 is 0 Å². The van der Waals surface area contributed by atoms with Crippen molar-refractivity contribution in [1.29, 1.82) is 0 Å². The highest BCUT2D eigenvalue weighted by Crippen LogP contribution is 2.29. The van der Waals surface area contributed by atoms with Gasteiger partial charge >= 0.3 is 0 Å². The molecule has 0 aromatic heterocycles. The van der Waals surface area contributed by atoms with Crippen molar-refractivity contribution in [3.05, 3.63) is 48.0 Å². The molecule has 0 bridgehead atoms. The number of nitrogens with two attached hydrogens (primary N) is 1. The van der Waals surface area contributed by atoms with E-state index in [-0.39, 0.29) is 6.04 Å². The summed E-state index contributed by atoms with van der Waals surface area (Å²) in [5, 5.41) is 2.56. The highest BCUT2D eigenvalue weighted by Gasteiger charge is 2.20. The van der Waals surface area contributed by atoms with Gasteiger partial charge in [-0.25, -0.2) is 0 Å². The maximum absolute atomic E-state index is 6.39. The maximum Gasteiger partial charge on any atom is 0.0495 e. The van der Waals surface area contributed by atoms with Crippen LogP contribution in [0.1, 0.15) is 24.4 Å². The van der Waals surface area contributed by atoms with Gasteiger partial charge in [0, 0.05) is 19.3 Å². The minimum atomic E-state index is 0.114. The largest absolute Gasteiger partial charge is 0.381 e. The van der Waals surface area contributed by atoms with E-state index in [2.05, 4.69) is 42.5 Å². The first-order valence-corrected chi connectivity index (χ1v) is 6.65. The molecule has 94 valence electrons. The fraction of sp³-hybridized carbons (Fsp3) is 0.375. The predicted octanol–water partition coefficient (Wildman–Crippen LogP) is 3.27. The third kappa shape index (κ3) is 2.26. The zero-order valence-corrected chi connectivity index (χ0v) is 10.5. The Morgan fingerprint density at radius 3 is 2.83 bits per heavy atom. The molecule has 0 spiro atoms. The molecule has 0 aliphatic carbocycles. The lowest BCUT2D eigenvalue weighted by Crippen LogP contribution is -2.16. The summed E-state index contributed by atoms with van der Waals surface area (Å²) in [5.74, 6) is 0.624. The molecule has 2 atom stereocenters. The van der Waals surface area contributed by atoms with Gasteiger partial charge in [-0.2, -0.15) is 0 Å². The van der Waals surface area contributed by atoms with Crippen LogP contribution in [0.2, 0.25) is 0 Å². The van der Waals surface area contributed by atoms with Crippen LogP contribution in [0.15, 0.2) is 42.5 Å². The van der Waals surface area contributed by atoms with Crippen molar-refractivity contribution in [1.82, 2.24) is 0 Å². The van der Waals surface area contributed by atoms with Gasteiger partial charge in [-0.1, -0.05) is 42.5 Å². The van der Waals surface area contributed by atoms with Crippen LogP contribution in [0.3, 0.4) is 0 Å². The molecule has 2 N–H and O–H groups in total. The van der Waals surface area contributed by atoms with Crippen molar-refractivity contribution in [2.24, 2.45) is 11.7 Å². The van der Waals surface area contributed by atoms with Gasteiger partial charge in [-0.3, -0.25) is 0 Å². The quantitative estimate of drug-likeness (QED) is 0.895. The van der Waals surface area contributed by atoms with E-state index >= 15 is 0 Å². The fourth-order valence-electron chi connectivity index (χ4n) is 2.83. The van der Waals surface area contributed by atoms with Gasteiger partial charge in [-0.15, -0.1) is 0 Å². The molecular formula is C16H19NO. The fourth-order valence-corrected chi connectivity index (χ4v) is 2.83. The molecule has 3 rings (SSSR count). The normalized spacial score (nSPS) is 21.3. The molecule has 1 aliphatic rings. The van der Waals surface area contributed by atoms with Crippen LogP contribution in [0.25, 0.3) is 10.8 Å². The van der Waals surface area contributed by atoms with Gasteiger partial charge in [0.1, 0.15) is 0 Å². The van der Waals surface area contributed by atoms with E-state index in [1.165, 1.54) is 16.3 Å². The lowest BCUT2D eigenvalue weighted by Gasteiger charge is -2.17. The molecule has 2 aromatic rings. The number of hydrogen-bond donors (Lipinski definition) is 1. The Balaban J connectivity index is 1.88. The van der Waals surface area contributed by atoms with Gasteiger partial charge < -0.3 is 10.5 Å². The number of benzene rings is 2. The van der Waals surface area contributed by atoms with E-state index in [1.807, 2.05) is 0 Å². The summed E-state index contributed by atoms with van der Waals surface area (Å²) in [6, 6.07) is 15.0. The number of rotatable bonds is 3. The van der Waals surface area contributed by atoms with E-state index in [9.17, 15) is 0 Å². The zero-order valence-electron chi connectivity index (χ0n) is 10.5. The van der Waals surface area contributed by atoms with Crippen molar-refractivity contribution >= 4 is 10.8 Å². The summed E-state index contributed by atoms with van der Waals surface area (Å²) in [7, 11) is 0. The van der Waals surface area contributed by atoms with Crippen molar-refractivity contribution in [3.63, 3.8) is 0 Å². The third-order valence-corrected chi connectivity index (χ3v) is 3.83. The molecular weight excluding hydrogens is 222 g/mol. The summed E-state index contributed by atoms with van der Waals surface area (Å²) in [4.78, 5) is 0. The molecule has 1 fully saturated rings. The van der Waals surface area contributed by atoms with E-state index in [1.54, 1.807) is 0 Å². The van der Waals surface area contributed by atoms with Gasteiger partial charge in [0.25, 0.3) is 0 Å². The first-order chi connectivity index (χ1) is 8.84. The van der Waals surface area contributed by atoms with E-state index in [0.29, 0.717) is 5.92 Å². The summed E-state index contributed by atoms with van der Waals surface area (Å²) in [6.45, 7) is 1.77. The molecule has 2 heteroatoms. The highest BCUT2D eigenvalue weighted by atomic mass is 16.5. The Kier molecular flexibility index (Phi) is 3.31. The Morgan fingerprint density at radius 1 is 1.17 bits per heavy atom. The topological polar surface area (TPSA) is 35.2 Å². The van der Waals surface area contributed by atoms with Crippen molar-refractivity contribution in [2.45, 2.75) is 18.9 Å². The first kappa shape index (κ1) is 11.7. The standard InChI is InChI=1S/C16H19NO/c17-16(10-12-8-9-18-11-12)15-7-3-5-13-4-1-2-6-14(13)15/h1-7,12,16H,8-11,17H2.